The summed E-state index contributed by atoms with van der Waals surface area (Å²) in [5.41, 5.74) is 3.09. The number of carbonyl (C=O) groups is 2. The first-order valence-electron chi connectivity index (χ1n) is 11.1. The summed E-state index contributed by atoms with van der Waals surface area (Å²) in [6.45, 7) is 2.78. The van der Waals surface area contributed by atoms with Crippen LogP contribution in [0.1, 0.15) is 28.3 Å². The van der Waals surface area contributed by atoms with E-state index in [4.69, 9.17) is 9.47 Å². The third-order valence-electron chi connectivity index (χ3n) is 5.89. The molecule has 0 bridgehead atoms. The number of aryl methyl sites for hydroxylation is 1. The molecule has 1 N–H and O–H groups in total. The number of benzene rings is 3. The fourth-order valence-electron chi connectivity index (χ4n) is 4.16. The van der Waals surface area contributed by atoms with E-state index in [0.29, 0.717) is 17.9 Å². The highest BCUT2D eigenvalue weighted by atomic mass is 16.5. The van der Waals surface area contributed by atoms with Crippen molar-refractivity contribution in [1.82, 2.24) is 4.90 Å². The van der Waals surface area contributed by atoms with E-state index in [1.165, 1.54) is 4.90 Å². The molecule has 34 heavy (non-hydrogen) atoms. The Hall–Kier alpha value is -3.90. The number of rotatable bonds is 8. The number of nitrogens with zero attached hydrogens (tertiary/aromatic N) is 1. The second-order valence-electron chi connectivity index (χ2n) is 8.15. The topological polar surface area (TPSA) is 76.1 Å². The van der Waals surface area contributed by atoms with Gasteiger partial charge in [0.2, 0.25) is 0 Å². The smallest absolute Gasteiger partial charge is 0.295 e. The van der Waals surface area contributed by atoms with E-state index in [2.05, 4.69) is 0 Å². The van der Waals surface area contributed by atoms with E-state index in [1.807, 2.05) is 73.7 Å². The Morgan fingerprint density at radius 1 is 0.971 bits per heavy atom. The van der Waals surface area contributed by atoms with Gasteiger partial charge < -0.3 is 19.5 Å². The van der Waals surface area contributed by atoms with Crippen LogP contribution in [0.5, 0.6) is 5.75 Å². The van der Waals surface area contributed by atoms with Crippen molar-refractivity contribution in [3.63, 3.8) is 0 Å². The molecule has 1 amide bonds. The second kappa shape index (κ2) is 10.4. The van der Waals surface area contributed by atoms with Crippen LogP contribution in [-0.2, 0) is 20.9 Å². The molecule has 0 radical (unpaired) electrons. The molecule has 0 unspecified atom stereocenters. The Balaban J connectivity index is 1.68. The van der Waals surface area contributed by atoms with Crippen LogP contribution in [0.3, 0.4) is 0 Å². The molecule has 174 valence electrons. The van der Waals surface area contributed by atoms with E-state index < -0.39 is 17.7 Å². The number of hydrogen-bond donors (Lipinski definition) is 1. The zero-order valence-electron chi connectivity index (χ0n) is 19.2. The highest BCUT2D eigenvalue weighted by molar-refractivity contribution is 6.46. The van der Waals surface area contributed by atoms with E-state index in [9.17, 15) is 14.7 Å². The molecule has 0 spiro atoms. The van der Waals surface area contributed by atoms with Gasteiger partial charge in [0, 0.05) is 19.2 Å². The molecule has 0 aromatic heterocycles. The van der Waals surface area contributed by atoms with Crippen molar-refractivity contribution in [3.05, 3.63) is 107 Å². The quantitative estimate of drug-likeness (QED) is 0.303. The molecular weight excluding hydrogens is 430 g/mol. The molecule has 1 heterocycles. The number of Topliss-reactive ketones (excluding diaryl/α,β-unsaturated/α-hetero) is 1. The maximum atomic E-state index is 13.0. The molecule has 3 aromatic carbocycles. The van der Waals surface area contributed by atoms with Gasteiger partial charge in [0.05, 0.1) is 18.2 Å². The molecule has 4 rings (SSSR count). The van der Waals surface area contributed by atoms with Crippen LogP contribution in [0.4, 0.5) is 0 Å². The Morgan fingerprint density at radius 3 is 2.29 bits per heavy atom. The Labute approximate surface area is 199 Å². The van der Waals surface area contributed by atoms with Gasteiger partial charge in [-0.05, 0) is 41.8 Å². The number of aliphatic hydroxyl groups is 1. The van der Waals surface area contributed by atoms with Crippen molar-refractivity contribution in [2.75, 3.05) is 20.3 Å². The SMILES string of the molecule is COCCN1C(=O)C(=O)/C(=C(/O)c2ccc(OCc3ccccc3)cc2C)[C@@H]1c1ccccc1. The molecular formula is C28H27NO5. The highest BCUT2D eigenvalue weighted by Gasteiger charge is 2.45. The molecule has 1 saturated heterocycles. The van der Waals surface area contributed by atoms with Gasteiger partial charge in [-0.2, -0.15) is 0 Å². The van der Waals surface area contributed by atoms with Crippen LogP contribution < -0.4 is 4.74 Å². The monoisotopic (exact) mass is 457 g/mol. The Kier molecular flexibility index (Phi) is 7.09. The predicted octanol–water partition coefficient (Wildman–Crippen LogP) is 4.64. The number of hydrogen-bond acceptors (Lipinski definition) is 5. The van der Waals surface area contributed by atoms with Crippen LogP contribution in [0, 0.1) is 6.92 Å². The lowest BCUT2D eigenvalue weighted by atomic mass is 9.94. The normalized spacial score (nSPS) is 17.2. The molecule has 1 aliphatic rings. The van der Waals surface area contributed by atoms with Gasteiger partial charge in [0.15, 0.2) is 0 Å². The van der Waals surface area contributed by atoms with Gasteiger partial charge in [0.25, 0.3) is 11.7 Å². The summed E-state index contributed by atoms with van der Waals surface area (Å²) < 4.78 is 11.0. The molecule has 0 saturated carbocycles. The summed E-state index contributed by atoms with van der Waals surface area (Å²) in [6, 6.07) is 23.7. The van der Waals surface area contributed by atoms with Crippen molar-refractivity contribution >= 4 is 17.4 Å². The van der Waals surface area contributed by atoms with Crippen LogP contribution >= 0.6 is 0 Å². The largest absolute Gasteiger partial charge is 0.507 e. The lowest BCUT2D eigenvalue weighted by molar-refractivity contribution is -0.140. The van der Waals surface area contributed by atoms with Crippen LogP contribution in [-0.4, -0.2) is 42.0 Å². The Morgan fingerprint density at radius 2 is 1.65 bits per heavy atom. The van der Waals surface area contributed by atoms with Gasteiger partial charge in [0.1, 0.15) is 18.1 Å². The standard InChI is InChI=1S/C28H27NO5/c1-19-17-22(34-18-20-9-5-3-6-10-20)13-14-23(19)26(30)24-25(21-11-7-4-8-12-21)29(15-16-33-2)28(32)27(24)31/h3-14,17,25,30H,15-16,18H2,1-2H3/b26-24+/t25-/m0/s1. The van der Waals surface area contributed by atoms with E-state index >= 15 is 0 Å². The van der Waals surface area contributed by atoms with Gasteiger partial charge in [-0.25, -0.2) is 0 Å². The second-order valence-corrected chi connectivity index (χ2v) is 8.15. The van der Waals surface area contributed by atoms with Crippen molar-refractivity contribution in [2.45, 2.75) is 19.6 Å². The fourth-order valence-corrected chi connectivity index (χ4v) is 4.16. The fraction of sp³-hybridized carbons (Fsp3) is 0.214. The summed E-state index contributed by atoms with van der Waals surface area (Å²) in [4.78, 5) is 27.4. The number of amides is 1. The van der Waals surface area contributed by atoms with Crippen molar-refractivity contribution in [2.24, 2.45) is 0 Å². The first-order valence-corrected chi connectivity index (χ1v) is 11.1. The van der Waals surface area contributed by atoms with Gasteiger partial charge in [-0.3, -0.25) is 9.59 Å². The minimum absolute atomic E-state index is 0.0772. The Bertz CT molecular complexity index is 1200. The average molecular weight is 458 g/mol. The first-order chi connectivity index (χ1) is 16.5. The lowest BCUT2D eigenvalue weighted by Gasteiger charge is -2.25. The summed E-state index contributed by atoms with van der Waals surface area (Å²) in [5, 5.41) is 11.3. The molecule has 1 atom stereocenters. The number of aliphatic hydroxyl groups excluding tert-OH is 1. The molecule has 1 aliphatic heterocycles. The van der Waals surface area contributed by atoms with E-state index in [0.717, 1.165) is 16.7 Å². The minimum Gasteiger partial charge on any atom is -0.507 e. The zero-order valence-corrected chi connectivity index (χ0v) is 19.2. The summed E-state index contributed by atoms with van der Waals surface area (Å²) in [6.07, 6.45) is 0. The minimum atomic E-state index is -0.703. The third kappa shape index (κ3) is 4.72. The van der Waals surface area contributed by atoms with Crippen LogP contribution in [0.15, 0.2) is 84.4 Å². The van der Waals surface area contributed by atoms with Gasteiger partial charge in [-0.1, -0.05) is 60.7 Å². The summed E-state index contributed by atoms with van der Waals surface area (Å²) in [5.74, 6) is -0.892. The maximum absolute atomic E-state index is 13.0. The molecule has 6 nitrogen and oxygen atoms in total. The van der Waals surface area contributed by atoms with Crippen molar-refractivity contribution in [1.29, 1.82) is 0 Å². The average Bonchev–Trinajstić information content (AvgIpc) is 3.12. The van der Waals surface area contributed by atoms with E-state index in [1.54, 1.807) is 19.2 Å². The van der Waals surface area contributed by atoms with Crippen molar-refractivity contribution in [3.8, 4) is 5.75 Å². The predicted molar refractivity (Wildman–Crippen MR) is 129 cm³/mol. The van der Waals surface area contributed by atoms with Gasteiger partial charge >= 0.3 is 0 Å². The van der Waals surface area contributed by atoms with Gasteiger partial charge in [-0.15, -0.1) is 0 Å². The summed E-state index contributed by atoms with van der Waals surface area (Å²) in [7, 11) is 1.54. The van der Waals surface area contributed by atoms with E-state index in [-0.39, 0.29) is 24.5 Å². The zero-order chi connectivity index (χ0) is 24.1. The van der Waals surface area contributed by atoms with Crippen molar-refractivity contribution < 1.29 is 24.2 Å². The number of ketones is 1. The lowest BCUT2D eigenvalue weighted by Crippen LogP contribution is -2.32. The van der Waals surface area contributed by atoms with Crippen LogP contribution in [0.25, 0.3) is 5.76 Å². The molecule has 3 aromatic rings. The third-order valence-corrected chi connectivity index (χ3v) is 5.89. The maximum Gasteiger partial charge on any atom is 0.295 e. The number of carbonyl (C=O) groups excluding carboxylic acids is 2. The first kappa shape index (κ1) is 23.3. The molecule has 1 fully saturated rings. The number of ether oxygens (including phenoxy) is 2. The number of methoxy groups -OCH3 is 1. The molecule has 0 aliphatic carbocycles. The van der Waals surface area contributed by atoms with Crippen LogP contribution in [0.2, 0.25) is 0 Å². The highest BCUT2D eigenvalue weighted by Crippen LogP contribution is 2.40. The molecule has 6 heteroatoms. The number of likely N-dealkylation sites (tertiary alicyclic amines) is 1. The summed E-state index contributed by atoms with van der Waals surface area (Å²) >= 11 is 0.